The number of carbonyl (C=O) groups excluding carboxylic acids is 1. The number of furan rings is 1. The Balaban J connectivity index is 1.77. The molecular weight excluding hydrogens is 330 g/mol. The lowest BCUT2D eigenvalue weighted by Gasteiger charge is -2.41. The molecule has 7 heteroatoms. The van der Waals surface area contributed by atoms with Gasteiger partial charge in [-0.25, -0.2) is 0 Å². The molecule has 1 fully saturated rings. The Morgan fingerprint density at radius 3 is 2.58 bits per heavy atom. The highest BCUT2D eigenvalue weighted by molar-refractivity contribution is 5.92. The molecule has 2 aromatic rings. The number of carbonyl (C=O) groups is 1. The second kappa shape index (κ2) is 6.48. The molecule has 1 atom stereocenters. The van der Waals surface area contributed by atoms with E-state index in [4.69, 9.17) is 4.42 Å². The number of nitrogens with zero attached hydrogens (tertiary/aromatic N) is 5. The first-order chi connectivity index (χ1) is 12.6. The van der Waals surface area contributed by atoms with Gasteiger partial charge in [0.15, 0.2) is 5.76 Å². The van der Waals surface area contributed by atoms with Crippen LogP contribution in [-0.2, 0) is 5.66 Å². The van der Waals surface area contributed by atoms with E-state index in [2.05, 4.69) is 20.7 Å². The third-order valence-electron chi connectivity index (χ3n) is 5.16. The van der Waals surface area contributed by atoms with Gasteiger partial charge in [-0.3, -0.25) is 4.79 Å². The number of amides is 1. The van der Waals surface area contributed by atoms with Crippen molar-refractivity contribution in [2.24, 2.45) is 20.7 Å². The molecule has 0 spiro atoms. The van der Waals surface area contributed by atoms with Gasteiger partial charge in [-0.05, 0) is 61.3 Å². The predicted octanol–water partition coefficient (Wildman–Crippen LogP) is 4.58. The van der Waals surface area contributed by atoms with Gasteiger partial charge in [0.25, 0.3) is 5.91 Å². The second-order valence-electron chi connectivity index (χ2n) is 6.84. The Bertz CT molecular complexity index is 874. The standard InChI is InChI=1S/C19H21N5O2/c1-13-7-3-4-8-15(13)19(20-22-23-21-19)17-9-5-6-12-24(17)18(25)16-11-10-14(2)26-16/h3-4,7-8,10-11,17H,5-6,9,12H2,1-2H3. The maximum Gasteiger partial charge on any atom is 0.289 e. The minimum absolute atomic E-state index is 0.131. The van der Waals surface area contributed by atoms with Crippen LogP contribution in [0, 0.1) is 13.8 Å². The summed E-state index contributed by atoms with van der Waals surface area (Å²) < 4.78 is 5.57. The average molecular weight is 351 g/mol. The normalized spacial score (nSPS) is 21.3. The van der Waals surface area contributed by atoms with E-state index in [-0.39, 0.29) is 11.9 Å². The lowest BCUT2D eigenvalue weighted by atomic mass is 9.84. The quantitative estimate of drug-likeness (QED) is 0.811. The van der Waals surface area contributed by atoms with Gasteiger partial charge in [-0.15, -0.1) is 10.2 Å². The van der Waals surface area contributed by atoms with E-state index in [1.54, 1.807) is 12.1 Å². The summed E-state index contributed by atoms with van der Waals surface area (Å²) in [7, 11) is 0. The number of likely N-dealkylation sites (tertiary alicyclic amines) is 1. The van der Waals surface area contributed by atoms with Crippen molar-refractivity contribution in [2.45, 2.75) is 44.8 Å². The van der Waals surface area contributed by atoms with Crippen molar-refractivity contribution < 1.29 is 9.21 Å². The third kappa shape index (κ3) is 2.64. The minimum Gasteiger partial charge on any atom is -0.456 e. The molecule has 2 aliphatic heterocycles. The Labute approximate surface area is 151 Å². The van der Waals surface area contributed by atoms with Crippen LogP contribution >= 0.6 is 0 Å². The number of rotatable bonds is 3. The molecule has 1 amide bonds. The highest BCUT2D eigenvalue weighted by Gasteiger charge is 2.50. The van der Waals surface area contributed by atoms with Crippen molar-refractivity contribution in [3.05, 3.63) is 59.0 Å². The van der Waals surface area contributed by atoms with Crippen molar-refractivity contribution in [1.82, 2.24) is 4.90 Å². The first-order valence-corrected chi connectivity index (χ1v) is 8.89. The predicted molar refractivity (Wildman–Crippen MR) is 94.7 cm³/mol. The molecule has 26 heavy (non-hydrogen) atoms. The summed E-state index contributed by atoms with van der Waals surface area (Å²) in [4.78, 5) is 15.0. The SMILES string of the molecule is Cc1ccc(C(=O)N2CCCCC2C2(c3ccccc3C)N=NN=N2)o1. The zero-order chi connectivity index (χ0) is 18.1. The molecule has 0 bridgehead atoms. The monoisotopic (exact) mass is 351 g/mol. The van der Waals surface area contributed by atoms with Crippen LogP contribution in [0.2, 0.25) is 0 Å². The lowest BCUT2D eigenvalue weighted by molar-refractivity contribution is 0.0434. The average Bonchev–Trinajstić information content (AvgIpc) is 3.31. The van der Waals surface area contributed by atoms with Crippen molar-refractivity contribution in [1.29, 1.82) is 0 Å². The van der Waals surface area contributed by atoms with Crippen LogP contribution in [0.5, 0.6) is 0 Å². The summed E-state index contributed by atoms with van der Waals surface area (Å²) in [5.74, 6) is 0.935. The Morgan fingerprint density at radius 1 is 1.12 bits per heavy atom. The van der Waals surface area contributed by atoms with E-state index in [1.807, 2.05) is 43.0 Å². The van der Waals surface area contributed by atoms with Crippen LogP contribution in [0.1, 0.15) is 46.7 Å². The molecule has 1 aromatic carbocycles. The van der Waals surface area contributed by atoms with E-state index in [1.165, 1.54) is 0 Å². The molecular formula is C19H21N5O2. The second-order valence-corrected chi connectivity index (χ2v) is 6.84. The summed E-state index contributed by atoms with van der Waals surface area (Å²) in [5.41, 5.74) is 1.01. The van der Waals surface area contributed by atoms with Crippen molar-refractivity contribution in [3.8, 4) is 0 Å². The van der Waals surface area contributed by atoms with Crippen LogP contribution in [0.4, 0.5) is 0 Å². The molecule has 1 aromatic heterocycles. The molecule has 1 saturated heterocycles. The van der Waals surface area contributed by atoms with Gasteiger partial charge in [0.2, 0.25) is 5.66 Å². The third-order valence-corrected chi connectivity index (χ3v) is 5.16. The van der Waals surface area contributed by atoms with Gasteiger partial charge in [0, 0.05) is 12.1 Å². The number of benzene rings is 1. The molecule has 3 heterocycles. The van der Waals surface area contributed by atoms with E-state index < -0.39 is 5.66 Å². The summed E-state index contributed by atoms with van der Waals surface area (Å²) in [6, 6.07) is 11.2. The number of aryl methyl sites for hydroxylation is 2. The zero-order valence-corrected chi connectivity index (χ0v) is 14.9. The van der Waals surface area contributed by atoms with E-state index in [0.29, 0.717) is 12.3 Å². The molecule has 4 rings (SSSR count). The molecule has 134 valence electrons. The highest BCUT2D eigenvalue weighted by Crippen LogP contribution is 2.43. The summed E-state index contributed by atoms with van der Waals surface area (Å²) in [5, 5.41) is 16.5. The van der Waals surface area contributed by atoms with Crippen molar-refractivity contribution in [2.75, 3.05) is 6.54 Å². The first kappa shape index (κ1) is 16.6. The molecule has 2 aliphatic rings. The topological polar surface area (TPSA) is 82.9 Å². The Kier molecular flexibility index (Phi) is 4.14. The fourth-order valence-electron chi connectivity index (χ4n) is 3.89. The molecule has 0 N–H and O–H groups in total. The van der Waals surface area contributed by atoms with E-state index >= 15 is 0 Å². The largest absolute Gasteiger partial charge is 0.456 e. The summed E-state index contributed by atoms with van der Waals surface area (Å²) in [6.45, 7) is 4.49. The fourth-order valence-corrected chi connectivity index (χ4v) is 3.89. The molecule has 1 unspecified atom stereocenters. The Morgan fingerprint density at radius 2 is 1.88 bits per heavy atom. The number of piperidine rings is 1. The van der Waals surface area contributed by atoms with Crippen molar-refractivity contribution in [3.63, 3.8) is 0 Å². The van der Waals surface area contributed by atoms with Gasteiger partial charge in [0.05, 0.1) is 6.04 Å². The molecule has 7 nitrogen and oxygen atoms in total. The molecule has 0 aliphatic carbocycles. The molecule has 0 saturated carbocycles. The number of hydrogen-bond acceptors (Lipinski definition) is 6. The van der Waals surface area contributed by atoms with Gasteiger partial charge in [-0.2, -0.15) is 0 Å². The maximum atomic E-state index is 13.1. The van der Waals surface area contributed by atoms with Gasteiger partial charge in [-0.1, -0.05) is 24.3 Å². The van der Waals surface area contributed by atoms with Crippen LogP contribution in [0.25, 0.3) is 0 Å². The first-order valence-electron chi connectivity index (χ1n) is 8.89. The van der Waals surface area contributed by atoms with Gasteiger partial charge >= 0.3 is 0 Å². The van der Waals surface area contributed by atoms with Gasteiger partial charge < -0.3 is 9.32 Å². The van der Waals surface area contributed by atoms with Crippen molar-refractivity contribution >= 4 is 5.91 Å². The zero-order valence-electron chi connectivity index (χ0n) is 14.9. The van der Waals surface area contributed by atoms with Crippen LogP contribution < -0.4 is 0 Å². The number of hydrogen-bond donors (Lipinski definition) is 0. The van der Waals surface area contributed by atoms with Gasteiger partial charge in [0.1, 0.15) is 5.76 Å². The molecule has 0 radical (unpaired) electrons. The Hall–Kier alpha value is -2.83. The maximum absolute atomic E-state index is 13.1. The fraction of sp³-hybridized carbons (Fsp3) is 0.421. The van der Waals surface area contributed by atoms with E-state index in [9.17, 15) is 4.79 Å². The summed E-state index contributed by atoms with van der Waals surface area (Å²) >= 11 is 0. The van der Waals surface area contributed by atoms with Crippen LogP contribution in [0.15, 0.2) is 61.5 Å². The lowest BCUT2D eigenvalue weighted by Crippen LogP contribution is -2.53. The van der Waals surface area contributed by atoms with E-state index in [0.717, 1.165) is 36.1 Å². The summed E-state index contributed by atoms with van der Waals surface area (Å²) in [6.07, 6.45) is 2.74. The smallest absolute Gasteiger partial charge is 0.289 e. The van der Waals surface area contributed by atoms with Crippen LogP contribution in [0.3, 0.4) is 0 Å². The highest BCUT2D eigenvalue weighted by atomic mass is 16.3. The minimum atomic E-state index is -0.983. The van der Waals surface area contributed by atoms with Crippen LogP contribution in [-0.4, -0.2) is 23.4 Å².